The zero-order chi connectivity index (χ0) is 8.55. The average Bonchev–Trinajstić information content (AvgIpc) is 2.46. The number of rotatable bonds is 1. The topological polar surface area (TPSA) is 43.3 Å². The van der Waals surface area contributed by atoms with Gasteiger partial charge in [-0.3, -0.25) is 0 Å². The van der Waals surface area contributed by atoms with E-state index >= 15 is 0 Å². The van der Waals surface area contributed by atoms with Crippen LogP contribution >= 0.6 is 11.6 Å². The van der Waals surface area contributed by atoms with E-state index < -0.39 is 0 Å². The fraction of sp³-hybridized carbons (Fsp3) is 0.125. The summed E-state index contributed by atoms with van der Waals surface area (Å²) in [5, 5.41) is 0.706. The van der Waals surface area contributed by atoms with Crippen LogP contribution in [0.4, 0.5) is 0 Å². The number of hydrogen-bond acceptors (Lipinski definition) is 2. The summed E-state index contributed by atoms with van der Waals surface area (Å²) in [6.07, 6.45) is 3.59. The largest absolute Gasteiger partial charge is 0.325 e. The van der Waals surface area contributed by atoms with Gasteiger partial charge in [0.1, 0.15) is 0 Å². The third-order valence-electron chi connectivity index (χ3n) is 1.77. The van der Waals surface area contributed by atoms with Crippen LogP contribution < -0.4 is 5.73 Å². The van der Waals surface area contributed by atoms with Gasteiger partial charge in [-0.05, 0) is 12.1 Å². The first-order valence-corrected chi connectivity index (χ1v) is 4.00. The molecule has 0 aromatic carbocycles. The molecule has 2 N–H and O–H groups in total. The van der Waals surface area contributed by atoms with E-state index in [1.807, 2.05) is 22.7 Å². The molecule has 0 bridgehead atoms. The Labute approximate surface area is 74.8 Å². The number of nitrogens with two attached hydrogens (primary N) is 1. The van der Waals surface area contributed by atoms with Gasteiger partial charge in [0.05, 0.1) is 17.5 Å². The molecule has 0 saturated heterocycles. The molecule has 12 heavy (non-hydrogen) atoms. The van der Waals surface area contributed by atoms with Crippen LogP contribution in [0.5, 0.6) is 0 Å². The van der Waals surface area contributed by atoms with E-state index in [4.69, 9.17) is 17.3 Å². The molecule has 0 amide bonds. The third kappa shape index (κ3) is 1.07. The van der Waals surface area contributed by atoms with Crippen molar-refractivity contribution in [2.75, 3.05) is 0 Å². The van der Waals surface area contributed by atoms with E-state index in [-0.39, 0.29) is 0 Å². The van der Waals surface area contributed by atoms with Crippen LogP contribution in [0.1, 0.15) is 5.69 Å². The Morgan fingerprint density at radius 3 is 3.17 bits per heavy atom. The summed E-state index contributed by atoms with van der Waals surface area (Å²) in [6.45, 7) is 0.441. The van der Waals surface area contributed by atoms with Gasteiger partial charge in [0.15, 0.2) is 0 Å². The molecule has 0 atom stereocenters. The third-order valence-corrected chi connectivity index (χ3v) is 2.01. The molecule has 4 heteroatoms. The lowest BCUT2D eigenvalue weighted by atomic mass is 10.3. The Bertz CT molecular complexity index is 408. The number of aromatic nitrogens is 2. The molecule has 0 unspecified atom stereocenters. The van der Waals surface area contributed by atoms with E-state index in [1.165, 1.54) is 0 Å². The lowest BCUT2D eigenvalue weighted by Crippen LogP contribution is -1.96. The molecule has 0 radical (unpaired) electrons. The van der Waals surface area contributed by atoms with Crippen molar-refractivity contribution in [3.8, 4) is 0 Å². The van der Waals surface area contributed by atoms with Gasteiger partial charge < -0.3 is 10.1 Å². The minimum Gasteiger partial charge on any atom is -0.325 e. The van der Waals surface area contributed by atoms with Crippen molar-refractivity contribution in [1.29, 1.82) is 0 Å². The molecule has 0 aliphatic rings. The van der Waals surface area contributed by atoms with Crippen LogP contribution in [0, 0.1) is 0 Å². The molecule has 2 rings (SSSR count). The fourth-order valence-corrected chi connectivity index (χ4v) is 1.33. The number of nitrogens with zero attached hydrogens (tertiary/aromatic N) is 2. The maximum atomic E-state index is 5.82. The predicted octanol–water partition coefficient (Wildman–Crippen LogP) is 1.45. The van der Waals surface area contributed by atoms with Crippen molar-refractivity contribution in [2.45, 2.75) is 6.54 Å². The highest BCUT2D eigenvalue weighted by Gasteiger charge is 2.01. The van der Waals surface area contributed by atoms with Gasteiger partial charge in [0, 0.05) is 17.8 Å². The number of halogens is 1. The molecular weight excluding hydrogens is 174 g/mol. The predicted molar refractivity (Wildman–Crippen MR) is 48.1 cm³/mol. The zero-order valence-corrected chi connectivity index (χ0v) is 7.12. The van der Waals surface area contributed by atoms with Crippen molar-refractivity contribution in [3.05, 3.63) is 35.4 Å². The first-order chi connectivity index (χ1) is 5.81. The summed E-state index contributed by atoms with van der Waals surface area (Å²) < 4.78 is 1.90. The van der Waals surface area contributed by atoms with Crippen molar-refractivity contribution in [3.63, 3.8) is 0 Å². The smallest absolute Gasteiger partial charge is 0.0996 e. The standard InChI is InChI=1S/C8H8ClN3/c9-6-1-2-12-5-11-7(4-10)8(12)3-6/h1-3,5H,4,10H2. The lowest BCUT2D eigenvalue weighted by molar-refractivity contribution is 1.02. The van der Waals surface area contributed by atoms with Crippen LogP contribution in [0.3, 0.4) is 0 Å². The number of imidazole rings is 1. The number of pyridine rings is 1. The Morgan fingerprint density at radius 1 is 1.58 bits per heavy atom. The zero-order valence-electron chi connectivity index (χ0n) is 6.37. The second-order valence-corrected chi connectivity index (χ2v) is 2.97. The minimum atomic E-state index is 0.441. The second kappa shape index (κ2) is 2.77. The van der Waals surface area contributed by atoms with Crippen molar-refractivity contribution < 1.29 is 0 Å². The highest BCUT2D eigenvalue weighted by atomic mass is 35.5. The lowest BCUT2D eigenvalue weighted by Gasteiger charge is -1.95. The Morgan fingerprint density at radius 2 is 2.42 bits per heavy atom. The quantitative estimate of drug-likeness (QED) is 0.724. The van der Waals surface area contributed by atoms with E-state index in [0.29, 0.717) is 11.6 Å². The number of hydrogen-bond donors (Lipinski definition) is 1. The molecule has 0 fully saturated rings. The van der Waals surface area contributed by atoms with E-state index in [9.17, 15) is 0 Å². The average molecular weight is 182 g/mol. The summed E-state index contributed by atoms with van der Waals surface area (Å²) in [7, 11) is 0. The summed E-state index contributed by atoms with van der Waals surface area (Å²) in [6, 6.07) is 3.67. The molecule has 2 aromatic heterocycles. The Hall–Kier alpha value is -1.06. The monoisotopic (exact) mass is 181 g/mol. The molecular formula is C8H8ClN3. The summed E-state index contributed by atoms with van der Waals surface area (Å²) >= 11 is 5.82. The molecule has 2 aromatic rings. The summed E-state index contributed by atoms with van der Waals surface area (Å²) in [5.74, 6) is 0. The first kappa shape index (κ1) is 7.58. The second-order valence-electron chi connectivity index (χ2n) is 2.53. The van der Waals surface area contributed by atoms with Gasteiger partial charge in [0.25, 0.3) is 0 Å². The molecule has 0 saturated carbocycles. The van der Waals surface area contributed by atoms with E-state index in [2.05, 4.69) is 4.98 Å². The van der Waals surface area contributed by atoms with Crippen LogP contribution in [-0.4, -0.2) is 9.38 Å². The minimum absolute atomic E-state index is 0.441. The Balaban J connectivity index is 2.75. The highest BCUT2D eigenvalue weighted by molar-refractivity contribution is 6.30. The molecule has 0 aliphatic carbocycles. The van der Waals surface area contributed by atoms with Crippen LogP contribution in [0.2, 0.25) is 5.02 Å². The van der Waals surface area contributed by atoms with Crippen LogP contribution in [-0.2, 0) is 6.54 Å². The molecule has 0 aliphatic heterocycles. The van der Waals surface area contributed by atoms with Gasteiger partial charge in [0.2, 0.25) is 0 Å². The fourth-order valence-electron chi connectivity index (χ4n) is 1.17. The number of fused-ring (bicyclic) bond motifs is 1. The van der Waals surface area contributed by atoms with Gasteiger partial charge in [-0.25, -0.2) is 4.98 Å². The van der Waals surface area contributed by atoms with Crippen molar-refractivity contribution >= 4 is 17.1 Å². The maximum absolute atomic E-state index is 5.82. The Kier molecular flexibility index (Phi) is 1.75. The summed E-state index contributed by atoms with van der Waals surface area (Å²) in [5.41, 5.74) is 7.34. The van der Waals surface area contributed by atoms with Crippen LogP contribution in [0.15, 0.2) is 24.7 Å². The first-order valence-electron chi connectivity index (χ1n) is 3.62. The van der Waals surface area contributed by atoms with Crippen molar-refractivity contribution in [2.24, 2.45) is 5.73 Å². The molecule has 3 nitrogen and oxygen atoms in total. The summed E-state index contributed by atoms with van der Waals surface area (Å²) in [4.78, 5) is 4.13. The van der Waals surface area contributed by atoms with Gasteiger partial charge in [-0.15, -0.1) is 0 Å². The van der Waals surface area contributed by atoms with E-state index in [0.717, 1.165) is 11.2 Å². The SMILES string of the molecule is NCc1ncn2ccc(Cl)cc12. The molecule has 0 spiro atoms. The van der Waals surface area contributed by atoms with Gasteiger partial charge in [-0.1, -0.05) is 11.6 Å². The molecule has 2 heterocycles. The maximum Gasteiger partial charge on any atom is 0.0996 e. The van der Waals surface area contributed by atoms with Crippen LogP contribution in [0.25, 0.3) is 5.52 Å². The van der Waals surface area contributed by atoms with Crippen molar-refractivity contribution in [1.82, 2.24) is 9.38 Å². The normalized spacial score (nSPS) is 10.8. The van der Waals surface area contributed by atoms with Gasteiger partial charge in [-0.2, -0.15) is 0 Å². The molecule has 62 valence electrons. The van der Waals surface area contributed by atoms with Gasteiger partial charge >= 0.3 is 0 Å². The highest BCUT2D eigenvalue weighted by Crippen LogP contribution is 2.14. The van der Waals surface area contributed by atoms with E-state index in [1.54, 1.807) is 6.33 Å².